The fraction of sp³-hybridized carbons (Fsp3) is 0.435. The van der Waals surface area contributed by atoms with Crippen molar-refractivity contribution in [3.8, 4) is 0 Å². The number of fused-ring (bicyclic) bond motifs is 1. The number of rotatable bonds is 4. The van der Waals surface area contributed by atoms with Gasteiger partial charge in [0.2, 0.25) is 0 Å². The van der Waals surface area contributed by atoms with Gasteiger partial charge < -0.3 is 4.90 Å². The first kappa shape index (κ1) is 19.0. The van der Waals surface area contributed by atoms with Crippen molar-refractivity contribution in [1.82, 2.24) is 0 Å². The highest BCUT2D eigenvalue weighted by Gasteiger charge is 2.35. The van der Waals surface area contributed by atoms with Crippen LogP contribution >= 0.6 is 11.6 Å². The van der Waals surface area contributed by atoms with Crippen molar-refractivity contribution >= 4 is 29.2 Å². The molecule has 138 valence electrons. The molecule has 0 saturated heterocycles. The highest BCUT2D eigenvalue weighted by molar-refractivity contribution is 6.31. The van der Waals surface area contributed by atoms with E-state index in [1.807, 2.05) is 31.3 Å². The van der Waals surface area contributed by atoms with Gasteiger partial charge in [-0.15, -0.1) is 0 Å². The molecule has 0 amide bonds. The van der Waals surface area contributed by atoms with Crippen molar-refractivity contribution < 1.29 is 0 Å². The van der Waals surface area contributed by atoms with E-state index < -0.39 is 0 Å². The number of hydrogen-bond acceptors (Lipinski definition) is 2. The van der Waals surface area contributed by atoms with Crippen LogP contribution in [0.15, 0.2) is 41.4 Å². The van der Waals surface area contributed by atoms with Crippen LogP contribution in [0.1, 0.15) is 63.1 Å². The number of hydrogen-bond donors (Lipinski definition) is 0. The lowest BCUT2D eigenvalue weighted by Gasteiger charge is -2.47. The van der Waals surface area contributed by atoms with Crippen molar-refractivity contribution in [2.45, 2.75) is 58.9 Å². The Kier molecular flexibility index (Phi) is 5.43. The van der Waals surface area contributed by atoms with Gasteiger partial charge in [-0.3, -0.25) is 4.99 Å². The maximum atomic E-state index is 6.20. The average molecular weight is 369 g/mol. The Morgan fingerprint density at radius 2 is 2.04 bits per heavy atom. The molecule has 0 saturated carbocycles. The minimum atomic E-state index is 0.204. The largest absolute Gasteiger partial charge is 0.366 e. The number of benzene rings is 2. The second-order valence-electron chi connectivity index (χ2n) is 8.03. The van der Waals surface area contributed by atoms with Gasteiger partial charge in [-0.05, 0) is 80.5 Å². The van der Waals surface area contributed by atoms with Gasteiger partial charge in [-0.25, -0.2) is 0 Å². The van der Waals surface area contributed by atoms with Gasteiger partial charge in [0.05, 0.1) is 5.69 Å². The van der Waals surface area contributed by atoms with E-state index in [1.54, 1.807) is 0 Å². The zero-order chi connectivity index (χ0) is 18.9. The van der Waals surface area contributed by atoms with E-state index in [0.717, 1.165) is 34.8 Å². The Hall–Kier alpha value is -1.80. The fourth-order valence-corrected chi connectivity index (χ4v) is 4.29. The molecule has 2 aromatic rings. The summed E-state index contributed by atoms with van der Waals surface area (Å²) in [5, 5.41) is 0.760. The van der Waals surface area contributed by atoms with Crippen LogP contribution in [0.25, 0.3) is 0 Å². The summed E-state index contributed by atoms with van der Waals surface area (Å²) < 4.78 is 0. The number of halogens is 1. The molecule has 1 heterocycles. The summed E-state index contributed by atoms with van der Waals surface area (Å²) in [4.78, 5) is 7.25. The summed E-state index contributed by atoms with van der Waals surface area (Å²) in [5.41, 5.74) is 6.11. The molecule has 1 atom stereocenters. The van der Waals surface area contributed by atoms with Crippen LogP contribution in [0.5, 0.6) is 0 Å². The standard InChI is InChI=1S/C23H29ClN2/c1-6-12-26-22-11-10-18(13-19(22)16(2)14-23(26,4)5)15-25-21-9-7-8-20(24)17(21)3/h7-11,13,15-16H,6,12,14H2,1-5H3. The number of aliphatic imine (C=N–C) groups is 1. The predicted octanol–water partition coefficient (Wildman–Crippen LogP) is 6.90. The SMILES string of the molecule is CCCN1c2ccc(C=Nc3cccc(Cl)c3C)cc2C(C)CC1(C)C. The lowest BCUT2D eigenvalue weighted by atomic mass is 9.79. The van der Waals surface area contributed by atoms with Crippen LogP contribution < -0.4 is 4.90 Å². The molecule has 0 bridgehead atoms. The van der Waals surface area contributed by atoms with Crippen LogP contribution in [0.4, 0.5) is 11.4 Å². The molecule has 0 N–H and O–H groups in total. The topological polar surface area (TPSA) is 15.6 Å². The number of anilines is 1. The van der Waals surface area contributed by atoms with Gasteiger partial charge in [0, 0.05) is 29.0 Å². The molecule has 1 aliphatic heterocycles. The second kappa shape index (κ2) is 7.44. The Labute approximate surface area is 162 Å². The summed E-state index contributed by atoms with van der Waals surface area (Å²) in [6.07, 6.45) is 4.29. The van der Waals surface area contributed by atoms with E-state index in [0.29, 0.717) is 5.92 Å². The zero-order valence-corrected chi connectivity index (χ0v) is 17.3. The Balaban J connectivity index is 1.94. The molecule has 0 aliphatic carbocycles. The van der Waals surface area contributed by atoms with Crippen LogP contribution in [-0.4, -0.2) is 18.3 Å². The van der Waals surface area contributed by atoms with Crippen LogP contribution in [0.2, 0.25) is 5.02 Å². The lowest BCUT2D eigenvalue weighted by Crippen LogP contribution is -2.48. The number of nitrogens with zero attached hydrogens (tertiary/aromatic N) is 2. The third-order valence-electron chi connectivity index (χ3n) is 5.45. The Bertz CT molecular complexity index is 823. The van der Waals surface area contributed by atoms with E-state index in [4.69, 9.17) is 11.6 Å². The van der Waals surface area contributed by atoms with Gasteiger partial charge in [-0.1, -0.05) is 37.6 Å². The molecule has 0 fully saturated rings. The highest BCUT2D eigenvalue weighted by atomic mass is 35.5. The predicted molar refractivity (Wildman–Crippen MR) is 115 cm³/mol. The van der Waals surface area contributed by atoms with Crippen LogP contribution in [0.3, 0.4) is 0 Å². The summed E-state index contributed by atoms with van der Waals surface area (Å²) in [6, 6.07) is 12.6. The minimum Gasteiger partial charge on any atom is -0.366 e. The average Bonchev–Trinajstić information content (AvgIpc) is 2.59. The van der Waals surface area contributed by atoms with E-state index in [2.05, 4.69) is 55.8 Å². The smallest absolute Gasteiger partial charge is 0.0673 e. The normalized spacial score (nSPS) is 19.0. The highest BCUT2D eigenvalue weighted by Crippen LogP contribution is 2.43. The second-order valence-corrected chi connectivity index (χ2v) is 8.44. The molecular formula is C23H29ClN2. The Morgan fingerprint density at radius 1 is 1.27 bits per heavy atom. The minimum absolute atomic E-state index is 0.204. The van der Waals surface area contributed by atoms with Crippen molar-refractivity contribution in [3.63, 3.8) is 0 Å². The third kappa shape index (κ3) is 3.66. The lowest BCUT2D eigenvalue weighted by molar-refractivity contribution is 0.376. The van der Waals surface area contributed by atoms with Crippen molar-refractivity contribution in [2.75, 3.05) is 11.4 Å². The Morgan fingerprint density at radius 3 is 2.77 bits per heavy atom. The maximum absolute atomic E-state index is 6.20. The molecule has 2 aromatic carbocycles. The quantitative estimate of drug-likeness (QED) is 0.536. The van der Waals surface area contributed by atoms with E-state index >= 15 is 0 Å². The van der Waals surface area contributed by atoms with E-state index in [1.165, 1.54) is 17.7 Å². The monoisotopic (exact) mass is 368 g/mol. The first-order valence-corrected chi connectivity index (χ1v) is 9.92. The van der Waals surface area contributed by atoms with Crippen molar-refractivity contribution in [1.29, 1.82) is 0 Å². The van der Waals surface area contributed by atoms with Crippen molar-refractivity contribution in [3.05, 3.63) is 58.1 Å². The first-order valence-electron chi connectivity index (χ1n) is 9.54. The van der Waals surface area contributed by atoms with Gasteiger partial charge in [-0.2, -0.15) is 0 Å². The van der Waals surface area contributed by atoms with Crippen LogP contribution in [0, 0.1) is 6.92 Å². The van der Waals surface area contributed by atoms with Gasteiger partial charge in [0.15, 0.2) is 0 Å². The molecule has 1 aliphatic rings. The molecule has 0 aromatic heterocycles. The molecule has 1 unspecified atom stereocenters. The van der Waals surface area contributed by atoms with Gasteiger partial charge in [0.1, 0.15) is 0 Å². The van der Waals surface area contributed by atoms with Gasteiger partial charge in [0.25, 0.3) is 0 Å². The van der Waals surface area contributed by atoms with Gasteiger partial charge >= 0.3 is 0 Å². The molecule has 3 rings (SSSR count). The summed E-state index contributed by atoms with van der Waals surface area (Å²) in [7, 11) is 0. The molecular weight excluding hydrogens is 340 g/mol. The van der Waals surface area contributed by atoms with Crippen LogP contribution in [-0.2, 0) is 0 Å². The fourth-order valence-electron chi connectivity index (χ4n) is 4.12. The zero-order valence-electron chi connectivity index (χ0n) is 16.5. The molecule has 0 radical (unpaired) electrons. The first-order chi connectivity index (χ1) is 12.3. The van der Waals surface area contributed by atoms with Crippen molar-refractivity contribution in [2.24, 2.45) is 4.99 Å². The summed E-state index contributed by atoms with van der Waals surface area (Å²) in [6.45, 7) is 12.4. The summed E-state index contributed by atoms with van der Waals surface area (Å²) >= 11 is 6.20. The van der Waals surface area contributed by atoms with E-state index in [-0.39, 0.29) is 5.54 Å². The third-order valence-corrected chi connectivity index (χ3v) is 5.86. The summed E-state index contributed by atoms with van der Waals surface area (Å²) in [5.74, 6) is 0.550. The maximum Gasteiger partial charge on any atom is 0.0673 e. The molecule has 26 heavy (non-hydrogen) atoms. The molecule has 0 spiro atoms. The molecule has 3 heteroatoms. The molecule has 2 nitrogen and oxygen atoms in total. The van der Waals surface area contributed by atoms with E-state index in [9.17, 15) is 0 Å².